The molecule has 2 N–H and O–H groups in total. The number of aromatic amines is 1. The highest BCUT2D eigenvalue weighted by Gasteiger charge is 2.15. The Morgan fingerprint density at radius 1 is 0.914 bits per heavy atom. The van der Waals surface area contributed by atoms with Crippen LogP contribution in [0, 0.1) is 5.82 Å². The molecule has 0 aliphatic heterocycles. The first-order chi connectivity index (χ1) is 17.0. The lowest BCUT2D eigenvalue weighted by atomic mass is 10.1. The number of rotatable bonds is 6. The number of fused-ring (bicyclic) bond motifs is 1. The maximum atomic E-state index is 13.5. The van der Waals surface area contributed by atoms with Gasteiger partial charge in [-0.1, -0.05) is 30.3 Å². The molecule has 0 unspecified atom stereocenters. The summed E-state index contributed by atoms with van der Waals surface area (Å²) in [5, 5.41) is 10.4. The van der Waals surface area contributed by atoms with E-state index in [1.807, 2.05) is 30.3 Å². The fraction of sp³-hybridized carbons (Fsp3) is 0.0769. The third kappa shape index (κ3) is 4.51. The van der Waals surface area contributed by atoms with Gasteiger partial charge in [0.25, 0.3) is 11.1 Å². The quantitative estimate of drug-likeness (QED) is 0.399. The van der Waals surface area contributed by atoms with Crippen LogP contribution in [0.4, 0.5) is 4.39 Å². The van der Waals surface area contributed by atoms with Gasteiger partial charge in [-0.2, -0.15) is 5.10 Å². The molecule has 0 bridgehead atoms. The zero-order chi connectivity index (χ0) is 24.4. The van der Waals surface area contributed by atoms with Crippen molar-refractivity contribution in [3.63, 3.8) is 0 Å². The third-order valence-electron chi connectivity index (χ3n) is 5.59. The Balaban J connectivity index is 1.40. The highest BCUT2D eigenvalue weighted by Crippen LogP contribution is 2.24. The fourth-order valence-electron chi connectivity index (χ4n) is 3.85. The summed E-state index contributed by atoms with van der Waals surface area (Å²) >= 11 is 0. The van der Waals surface area contributed by atoms with Gasteiger partial charge in [-0.05, 0) is 48.5 Å². The van der Waals surface area contributed by atoms with E-state index in [1.54, 1.807) is 47.3 Å². The van der Waals surface area contributed by atoms with Crippen molar-refractivity contribution in [3.8, 4) is 16.9 Å². The van der Waals surface area contributed by atoms with Crippen LogP contribution in [0.15, 0.2) is 94.6 Å². The summed E-state index contributed by atoms with van der Waals surface area (Å²) < 4.78 is 16.1. The Morgan fingerprint density at radius 3 is 2.34 bits per heavy atom. The SMILES string of the molecule is O=C(Cn1[nH]c(=O)c2ccccc2c1=O)NCc1cn(-c2ccccc2)nc1-c1ccc(F)cc1. The number of halogens is 1. The second kappa shape index (κ2) is 9.22. The van der Waals surface area contributed by atoms with Crippen LogP contribution in [-0.2, 0) is 17.9 Å². The molecule has 8 nitrogen and oxygen atoms in total. The minimum Gasteiger partial charge on any atom is -0.350 e. The van der Waals surface area contributed by atoms with Crippen LogP contribution < -0.4 is 16.4 Å². The van der Waals surface area contributed by atoms with Crippen molar-refractivity contribution in [1.29, 1.82) is 0 Å². The summed E-state index contributed by atoms with van der Waals surface area (Å²) in [4.78, 5) is 37.7. The van der Waals surface area contributed by atoms with Crippen LogP contribution in [0.25, 0.3) is 27.7 Å². The fourth-order valence-corrected chi connectivity index (χ4v) is 3.85. The van der Waals surface area contributed by atoms with E-state index < -0.39 is 17.0 Å². The summed E-state index contributed by atoms with van der Waals surface area (Å²) in [7, 11) is 0. The topological polar surface area (TPSA) is 102 Å². The van der Waals surface area contributed by atoms with Crippen molar-refractivity contribution in [1.82, 2.24) is 24.9 Å². The van der Waals surface area contributed by atoms with E-state index in [4.69, 9.17) is 0 Å². The first kappa shape index (κ1) is 22.0. The second-order valence-electron chi connectivity index (χ2n) is 7.94. The maximum absolute atomic E-state index is 13.5. The van der Waals surface area contributed by atoms with Gasteiger partial charge >= 0.3 is 0 Å². The van der Waals surface area contributed by atoms with Crippen molar-refractivity contribution in [2.75, 3.05) is 0 Å². The van der Waals surface area contributed by atoms with E-state index in [2.05, 4.69) is 15.5 Å². The second-order valence-corrected chi connectivity index (χ2v) is 7.94. The Bertz CT molecular complexity index is 1640. The zero-order valence-electron chi connectivity index (χ0n) is 18.4. The maximum Gasteiger partial charge on any atom is 0.273 e. The number of benzene rings is 3. The van der Waals surface area contributed by atoms with Crippen LogP contribution in [0.1, 0.15) is 5.56 Å². The lowest BCUT2D eigenvalue weighted by Gasteiger charge is -2.08. The Kier molecular flexibility index (Phi) is 5.80. The Hall–Kier alpha value is -4.79. The largest absolute Gasteiger partial charge is 0.350 e. The average Bonchev–Trinajstić information content (AvgIpc) is 3.31. The summed E-state index contributed by atoms with van der Waals surface area (Å²) in [5.41, 5.74) is 1.91. The van der Waals surface area contributed by atoms with E-state index in [0.717, 1.165) is 10.4 Å². The summed E-state index contributed by atoms with van der Waals surface area (Å²) in [5.74, 6) is -0.823. The highest BCUT2D eigenvalue weighted by atomic mass is 19.1. The van der Waals surface area contributed by atoms with Gasteiger partial charge in [-0.3, -0.25) is 19.5 Å². The molecule has 174 valence electrons. The molecular formula is C26H20FN5O3. The van der Waals surface area contributed by atoms with Gasteiger partial charge in [0, 0.05) is 23.9 Å². The minimum atomic E-state index is -0.462. The molecule has 0 fully saturated rings. The van der Waals surface area contributed by atoms with Crippen LogP contribution in [0.5, 0.6) is 0 Å². The standard InChI is InChI=1S/C26H20FN5O3/c27-19-12-10-17(11-13-19)24-18(15-31(29-24)20-6-2-1-3-7-20)14-28-23(33)16-32-26(35)22-9-5-4-8-21(22)25(34)30-32/h1-13,15H,14,16H2,(H,28,33)(H,30,34). The van der Waals surface area contributed by atoms with Crippen molar-refractivity contribution >= 4 is 16.7 Å². The molecule has 0 aliphatic rings. The average molecular weight is 469 g/mol. The van der Waals surface area contributed by atoms with Crippen molar-refractivity contribution in [2.45, 2.75) is 13.1 Å². The molecule has 0 aliphatic carbocycles. The van der Waals surface area contributed by atoms with Gasteiger partial charge in [0.2, 0.25) is 5.91 Å². The van der Waals surface area contributed by atoms with Gasteiger partial charge in [-0.15, -0.1) is 0 Å². The molecule has 5 rings (SSSR count). The predicted octanol–water partition coefficient (Wildman–Crippen LogP) is 3.00. The van der Waals surface area contributed by atoms with Gasteiger partial charge in [0.15, 0.2) is 0 Å². The molecule has 35 heavy (non-hydrogen) atoms. The highest BCUT2D eigenvalue weighted by molar-refractivity contribution is 5.81. The molecule has 0 saturated carbocycles. The molecule has 0 saturated heterocycles. The van der Waals surface area contributed by atoms with E-state index in [1.165, 1.54) is 12.1 Å². The number of para-hydroxylation sites is 1. The smallest absolute Gasteiger partial charge is 0.273 e. The van der Waals surface area contributed by atoms with E-state index in [-0.39, 0.29) is 29.7 Å². The Labute approximate surface area is 198 Å². The van der Waals surface area contributed by atoms with Gasteiger partial charge < -0.3 is 5.32 Å². The van der Waals surface area contributed by atoms with Crippen LogP contribution in [0.3, 0.4) is 0 Å². The lowest BCUT2D eigenvalue weighted by molar-refractivity contribution is -0.122. The predicted molar refractivity (Wildman–Crippen MR) is 130 cm³/mol. The lowest BCUT2D eigenvalue weighted by Crippen LogP contribution is -2.36. The van der Waals surface area contributed by atoms with Crippen molar-refractivity contribution in [2.24, 2.45) is 0 Å². The van der Waals surface area contributed by atoms with Crippen LogP contribution in [0.2, 0.25) is 0 Å². The molecule has 5 aromatic rings. The van der Waals surface area contributed by atoms with E-state index in [0.29, 0.717) is 16.8 Å². The number of amides is 1. The Morgan fingerprint density at radius 2 is 1.60 bits per heavy atom. The van der Waals surface area contributed by atoms with Crippen LogP contribution >= 0.6 is 0 Å². The molecular weight excluding hydrogens is 449 g/mol. The van der Waals surface area contributed by atoms with Gasteiger partial charge in [0.05, 0.1) is 22.2 Å². The number of hydrogen-bond acceptors (Lipinski definition) is 4. The monoisotopic (exact) mass is 469 g/mol. The molecule has 0 atom stereocenters. The number of hydrogen-bond donors (Lipinski definition) is 2. The molecule has 3 aromatic carbocycles. The summed E-state index contributed by atoms with van der Waals surface area (Å²) in [6, 6.07) is 21.8. The zero-order valence-corrected chi connectivity index (χ0v) is 18.4. The third-order valence-corrected chi connectivity index (χ3v) is 5.59. The van der Waals surface area contributed by atoms with E-state index in [9.17, 15) is 18.8 Å². The number of carbonyl (C=O) groups excluding carboxylic acids is 1. The summed E-state index contributed by atoms with van der Waals surface area (Å²) in [6.07, 6.45) is 1.79. The normalized spacial score (nSPS) is 11.0. The molecule has 1 amide bonds. The summed E-state index contributed by atoms with van der Waals surface area (Å²) in [6.45, 7) is -0.234. The number of H-pyrrole nitrogens is 1. The van der Waals surface area contributed by atoms with Crippen LogP contribution in [-0.4, -0.2) is 25.5 Å². The number of nitrogens with zero attached hydrogens (tertiary/aromatic N) is 3. The molecule has 2 aromatic heterocycles. The van der Waals surface area contributed by atoms with Gasteiger partial charge in [-0.25, -0.2) is 13.8 Å². The number of aromatic nitrogens is 4. The van der Waals surface area contributed by atoms with Crippen molar-refractivity contribution in [3.05, 3.63) is 117 Å². The number of nitrogens with one attached hydrogen (secondary N) is 2. The van der Waals surface area contributed by atoms with Crippen molar-refractivity contribution < 1.29 is 9.18 Å². The molecule has 9 heteroatoms. The van der Waals surface area contributed by atoms with E-state index >= 15 is 0 Å². The molecule has 2 heterocycles. The van der Waals surface area contributed by atoms with Gasteiger partial charge in [0.1, 0.15) is 12.4 Å². The minimum absolute atomic E-state index is 0.116. The first-order valence-electron chi connectivity index (χ1n) is 10.9. The molecule has 0 radical (unpaired) electrons. The number of carbonyl (C=O) groups is 1. The molecule has 0 spiro atoms. The first-order valence-corrected chi connectivity index (χ1v) is 10.9.